The fraction of sp³-hybridized carbons (Fsp3) is 0.182. The van der Waals surface area contributed by atoms with Crippen LogP contribution in [-0.2, 0) is 12.8 Å². The van der Waals surface area contributed by atoms with Gasteiger partial charge in [-0.25, -0.2) is 0 Å². The second-order valence-corrected chi connectivity index (χ2v) is 6.94. The average molecular weight is 282 g/mol. The third-order valence-corrected chi connectivity index (χ3v) is 5.10. The Kier molecular flexibility index (Phi) is 2.28. The summed E-state index contributed by atoms with van der Waals surface area (Å²) in [5.41, 5.74) is 8.69. The van der Waals surface area contributed by atoms with Crippen LogP contribution >= 0.6 is 0 Å². The van der Waals surface area contributed by atoms with Gasteiger partial charge >= 0.3 is 0 Å². The molecule has 5 rings (SSSR count). The molecule has 0 fully saturated rings. The molecule has 0 aliphatic heterocycles. The topological polar surface area (TPSA) is 0 Å². The Hall–Kier alpha value is -2.34. The summed E-state index contributed by atoms with van der Waals surface area (Å²) in [6.07, 6.45) is 6.89. The molecule has 0 heteroatoms. The largest absolute Gasteiger partial charge is 0.0683 e. The van der Waals surface area contributed by atoms with E-state index in [-0.39, 0.29) is 0 Å². The van der Waals surface area contributed by atoms with Crippen LogP contribution in [0.5, 0.6) is 0 Å². The van der Waals surface area contributed by atoms with Gasteiger partial charge in [-0.15, -0.1) is 0 Å². The molecule has 3 aromatic carbocycles. The van der Waals surface area contributed by atoms with Gasteiger partial charge in [-0.2, -0.15) is 0 Å². The molecule has 0 radical (unpaired) electrons. The van der Waals surface area contributed by atoms with Crippen LogP contribution in [0.2, 0.25) is 0 Å². The zero-order valence-electron chi connectivity index (χ0n) is 13.0. The molecule has 2 aliphatic rings. The fourth-order valence-corrected chi connectivity index (χ4v) is 4.09. The van der Waals surface area contributed by atoms with Gasteiger partial charge in [0.25, 0.3) is 0 Å². The van der Waals surface area contributed by atoms with Crippen molar-refractivity contribution in [3.63, 3.8) is 0 Å². The molecule has 0 bridgehead atoms. The van der Waals surface area contributed by atoms with Crippen LogP contribution in [0.3, 0.4) is 0 Å². The molecule has 0 nitrogen and oxygen atoms in total. The summed E-state index contributed by atoms with van der Waals surface area (Å²) in [4.78, 5) is 0. The van der Waals surface area contributed by atoms with Crippen molar-refractivity contribution in [2.24, 2.45) is 0 Å². The van der Waals surface area contributed by atoms with Crippen LogP contribution in [0.25, 0.3) is 33.7 Å². The lowest BCUT2D eigenvalue weighted by molar-refractivity contribution is 1.20. The predicted molar refractivity (Wildman–Crippen MR) is 96.2 cm³/mol. The first-order valence-corrected chi connectivity index (χ1v) is 8.04. The normalized spacial score (nSPS) is 15.9. The number of fused-ring (bicyclic) bond motifs is 5. The lowest BCUT2D eigenvalue weighted by Crippen LogP contribution is -1.88. The maximum Gasteiger partial charge on any atom is -0.00604 e. The summed E-state index contributed by atoms with van der Waals surface area (Å²) >= 11 is 0. The Labute approximate surface area is 130 Å². The van der Waals surface area contributed by atoms with Crippen LogP contribution in [-0.4, -0.2) is 0 Å². The molecule has 0 N–H and O–H groups in total. The summed E-state index contributed by atoms with van der Waals surface area (Å²) < 4.78 is 0. The SMILES string of the molecule is CC1=Cc2cc3c(ccc4cc5c(cc43)C=C(C)C5)cc2C1. The number of hydrogen-bond donors (Lipinski definition) is 0. The third-order valence-electron chi connectivity index (χ3n) is 5.10. The molecule has 0 unspecified atom stereocenters. The van der Waals surface area contributed by atoms with E-state index in [1.807, 2.05) is 0 Å². The highest BCUT2D eigenvalue weighted by Crippen LogP contribution is 2.36. The molecule has 0 saturated heterocycles. The van der Waals surface area contributed by atoms with Gasteiger partial charge in [0.05, 0.1) is 0 Å². The molecule has 0 spiro atoms. The van der Waals surface area contributed by atoms with Crippen molar-refractivity contribution in [1.82, 2.24) is 0 Å². The smallest absolute Gasteiger partial charge is 0.00604 e. The highest BCUT2D eigenvalue weighted by atomic mass is 14.2. The van der Waals surface area contributed by atoms with Crippen LogP contribution in [0.15, 0.2) is 47.5 Å². The second-order valence-electron chi connectivity index (χ2n) is 6.94. The van der Waals surface area contributed by atoms with E-state index >= 15 is 0 Å². The van der Waals surface area contributed by atoms with Crippen molar-refractivity contribution in [3.8, 4) is 0 Å². The minimum absolute atomic E-state index is 1.11. The Bertz CT molecular complexity index is 944. The molecule has 22 heavy (non-hydrogen) atoms. The van der Waals surface area contributed by atoms with Crippen molar-refractivity contribution in [2.45, 2.75) is 26.7 Å². The Morgan fingerprint density at radius 1 is 0.636 bits per heavy atom. The number of benzene rings is 3. The molecule has 2 aliphatic carbocycles. The first-order valence-electron chi connectivity index (χ1n) is 8.04. The van der Waals surface area contributed by atoms with E-state index in [1.54, 1.807) is 0 Å². The second kappa shape index (κ2) is 4.10. The highest BCUT2D eigenvalue weighted by molar-refractivity contribution is 6.09. The van der Waals surface area contributed by atoms with Gasteiger partial charge in [-0.3, -0.25) is 0 Å². The number of hydrogen-bond acceptors (Lipinski definition) is 0. The molecular formula is C22H18. The molecule has 0 amide bonds. The van der Waals surface area contributed by atoms with Gasteiger partial charge in [0, 0.05) is 0 Å². The molecule has 0 aromatic heterocycles. The van der Waals surface area contributed by atoms with Crippen molar-refractivity contribution in [3.05, 3.63) is 69.8 Å². The van der Waals surface area contributed by atoms with E-state index in [2.05, 4.69) is 62.4 Å². The van der Waals surface area contributed by atoms with E-state index < -0.39 is 0 Å². The van der Waals surface area contributed by atoms with Gasteiger partial charge < -0.3 is 0 Å². The van der Waals surface area contributed by atoms with E-state index in [0.29, 0.717) is 0 Å². The zero-order valence-corrected chi connectivity index (χ0v) is 13.0. The number of rotatable bonds is 0. The minimum atomic E-state index is 1.11. The molecule has 0 atom stereocenters. The van der Waals surface area contributed by atoms with Gasteiger partial charge in [0.2, 0.25) is 0 Å². The van der Waals surface area contributed by atoms with Crippen LogP contribution in [0.1, 0.15) is 36.1 Å². The van der Waals surface area contributed by atoms with Gasteiger partial charge in [0.15, 0.2) is 0 Å². The summed E-state index contributed by atoms with van der Waals surface area (Å²) in [5, 5.41) is 5.52. The van der Waals surface area contributed by atoms with Crippen molar-refractivity contribution in [1.29, 1.82) is 0 Å². The predicted octanol–water partition coefficient (Wildman–Crippen LogP) is 5.91. The van der Waals surface area contributed by atoms with Gasteiger partial charge in [-0.05, 0) is 82.6 Å². The first kappa shape index (κ1) is 12.2. The lowest BCUT2D eigenvalue weighted by atomic mass is 9.95. The maximum atomic E-state index is 2.39. The maximum absolute atomic E-state index is 2.39. The summed E-state index contributed by atoms with van der Waals surface area (Å²) in [6.45, 7) is 4.45. The first-order chi connectivity index (χ1) is 10.7. The minimum Gasteiger partial charge on any atom is -0.0683 e. The monoisotopic (exact) mass is 282 g/mol. The summed E-state index contributed by atoms with van der Waals surface area (Å²) in [5.74, 6) is 0. The van der Waals surface area contributed by atoms with Crippen molar-refractivity contribution >= 4 is 33.7 Å². The van der Waals surface area contributed by atoms with E-state index in [4.69, 9.17) is 0 Å². The number of allylic oxidation sites excluding steroid dienone is 2. The summed E-state index contributed by atoms with van der Waals surface area (Å²) in [6, 6.07) is 14.1. The molecular weight excluding hydrogens is 264 g/mol. The molecule has 106 valence electrons. The van der Waals surface area contributed by atoms with Crippen LogP contribution in [0.4, 0.5) is 0 Å². The molecule has 0 saturated carbocycles. The summed E-state index contributed by atoms with van der Waals surface area (Å²) in [7, 11) is 0. The quantitative estimate of drug-likeness (QED) is 0.449. The van der Waals surface area contributed by atoms with Crippen molar-refractivity contribution in [2.75, 3.05) is 0 Å². The standard InChI is InChI=1S/C22H18/c1-13-5-17-9-15-3-4-16-10-18-6-14(2)8-20(18)12-22(16)21(15)11-19(17)7-13/h3-4,7-12H,5-6H2,1-2H3. The Morgan fingerprint density at radius 2 is 1.09 bits per heavy atom. The Balaban J connectivity index is 1.87. The van der Waals surface area contributed by atoms with Crippen molar-refractivity contribution < 1.29 is 0 Å². The van der Waals surface area contributed by atoms with E-state index in [0.717, 1.165) is 12.8 Å². The highest BCUT2D eigenvalue weighted by Gasteiger charge is 2.14. The van der Waals surface area contributed by atoms with E-state index in [1.165, 1.54) is 54.9 Å². The Morgan fingerprint density at radius 3 is 1.55 bits per heavy atom. The molecule has 0 heterocycles. The third kappa shape index (κ3) is 1.64. The average Bonchev–Trinajstić information content (AvgIpc) is 3.02. The zero-order chi connectivity index (χ0) is 14.8. The van der Waals surface area contributed by atoms with Crippen LogP contribution in [0, 0.1) is 0 Å². The molecule has 3 aromatic rings. The lowest BCUT2D eigenvalue weighted by Gasteiger charge is -2.09. The van der Waals surface area contributed by atoms with Gasteiger partial charge in [0.1, 0.15) is 0 Å². The van der Waals surface area contributed by atoms with Crippen LogP contribution < -0.4 is 0 Å². The fourth-order valence-electron chi connectivity index (χ4n) is 4.09. The van der Waals surface area contributed by atoms with E-state index in [9.17, 15) is 0 Å². The van der Waals surface area contributed by atoms with Gasteiger partial charge in [-0.1, -0.05) is 47.6 Å².